The molecule has 0 radical (unpaired) electrons. The van der Waals surface area contributed by atoms with E-state index in [2.05, 4.69) is 0 Å². The molecule has 6 heteroatoms. The van der Waals surface area contributed by atoms with Gasteiger partial charge in [0.15, 0.2) is 5.78 Å². The summed E-state index contributed by atoms with van der Waals surface area (Å²) in [4.78, 5) is 12.6. The van der Waals surface area contributed by atoms with Gasteiger partial charge >= 0.3 is 6.98 Å². The highest BCUT2D eigenvalue weighted by atomic mass is 19.4. The molecule has 0 saturated heterocycles. The molecule has 0 aliphatic heterocycles. The van der Waals surface area contributed by atoms with Gasteiger partial charge in [0.1, 0.15) is 0 Å². The van der Waals surface area contributed by atoms with Crippen LogP contribution in [0, 0.1) is 0 Å². The highest BCUT2D eigenvalue weighted by Gasteiger charge is 2.27. The van der Waals surface area contributed by atoms with Crippen LogP contribution in [0.4, 0.5) is 12.9 Å². The standard InChI is InChI=1S/C6H6BF3NO/c1-4(12)5-2-3-6(11-5)7(8,9)10/h2-3,11H,1H3/q-1. The lowest BCUT2D eigenvalue weighted by Gasteiger charge is -2.10. The summed E-state index contributed by atoms with van der Waals surface area (Å²) >= 11 is 0. The molecule has 1 heterocycles. The fraction of sp³-hybridized carbons (Fsp3) is 0.167. The number of nitrogens with one attached hydrogen (secondary N) is 1. The molecule has 0 aliphatic carbocycles. The third-order valence-corrected chi connectivity index (χ3v) is 1.44. The van der Waals surface area contributed by atoms with Crippen LogP contribution in [-0.4, -0.2) is 17.7 Å². The summed E-state index contributed by atoms with van der Waals surface area (Å²) in [6, 6.07) is 2.00. The summed E-state index contributed by atoms with van der Waals surface area (Å²) in [7, 11) is 0. The molecular weight excluding hydrogens is 170 g/mol. The largest absolute Gasteiger partial charge is 0.525 e. The van der Waals surface area contributed by atoms with E-state index in [4.69, 9.17) is 0 Å². The highest BCUT2D eigenvalue weighted by molar-refractivity contribution is 6.72. The Morgan fingerprint density at radius 3 is 2.25 bits per heavy atom. The van der Waals surface area contributed by atoms with Gasteiger partial charge in [-0.15, -0.1) is 0 Å². The fourth-order valence-corrected chi connectivity index (χ4v) is 0.808. The molecular formula is C6H6BF3NO-. The molecule has 0 atom stereocenters. The zero-order chi connectivity index (χ0) is 9.35. The number of Topliss-reactive ketones (excluding diaryl/α,β-unsaturated/α-hetero) is 1. The van der Waals surface area contributed by atoms with Crippen LogP contribution in [0.1, 0.15) is 17.4 Å². The predicted octanol–water partition coefficient (Wildman–Crippen LogP) is 1.27. The van der Waals surface area contributed by atoms with Crippen molar-refractivity contribution in [2.24, 2.45) is 0 Å². The summed E-state index contributed by atoms with van der Waals surface area (Å²) in [5.41, 5.74) is -0.843. The van der Waals surface area contributed by atoms with Gasteiger partial charge in [0.2, 0.25) is 0 Å². The number of hydrogen-bond donors (Lipinski definition) is 1. The number of aromatic nitrogens is 1. The minimum absolute atomic E-state index is 0.01000. The normalized spacial score (nSPS) is 11.7. The lowest BCUT2D eigenvalue weighted by atomic mass is 9.87. The quantitative estimate of drug-likeness (QED) is 0.534. The number of aromatic amines is 1. The second-order valence-electron chi connectivity index (χ2n) is 2.46. The van der Waals surface area contributed by atoms with Crippen molar-refractivity contribution in [3.05, 3.63) is 17.8 Å². The maximum atomic E-state index is 12.0. The van der Waals surface area contributed by atoms with Gasteiger partial charge in [-0.2, -0.15) is 0 Å². The minimum Gasteiger partial charge on any atom is -0.444 e. The second kappa shape index (κ2) is 2.69. The van der Waals surface area contributed by atoms with Crippen LogP contribution < -0.4 is 5.59 Å². The maximum absolute atomic E-state index is 12.0. The van der Waals surface area contributed by atoms with Crippen LogP contribution >= 0.6 is 0 Å². The third-order valence-electron chi connectivity index (χ3n) is 1.44. The topological polar surface area (TPSA) is 32.9 Å². The maximum Gasteiger partial charge on any atom is 0.525 e. The first-order chi connectivity index (χ1) is 5.41. The fourth-order valence-electron chi connectivity index (χ4n) is 0.808. The Balaban J connectivity index is 3.00. The van der Waals surface area contributed by atoms with Crippen LogP contribution in [0.3, 0.4) is 0 Å². The second-order valence-corrected chi connectivity index (χ2v) is 2.46. The molecule has 0 unspecified atom stereocenters. The van der Waals surface area contributed by atoms with Crippen LogP contribution in [0.2, 0.25) is 0 Å². The number of hydrogen-bond acceptors (Lipinski definition) is 1. The van der Waals surface area contributed by atoms with E-state index in [0.717, 1.165) is 12.1 Å². The van der Waals surface area contributed by atoms with Crippen molar-refractivity contribution in [2.75, 3.05) is 0 Å². The number of halogens is 3. The van der Waals surface area contributed by atoms with Gasteiger partial charge in [0.25, 0.3) is 0 Å². The molecule has 1 rings (SSSR count). The van der Waals surface area contributed by atoms with Gasteiger partial charge in [-0.05, 0) is 11.7 Å². The van der Waals surface area contributed by atoms with Crippen molar-refractivity contribution >= 4 is 18.4 Å². The first-order valence-corrected chi connectivity index (χ1v) is 3.31. The van der Waals surface area contributed by atoms with Crippen LogP contribution in [0.5, 0.6) is 0 Å². The zero-order valence-electron chi connectivity index (χ0n) is 6.27. The molecule has 1 N–H and O–H groups in total. The Labute approximate surface area is 66.8 Å². The molecule has 0 aromatic carbocycles. The van der Waals surface area contributed by atoms with Gasteiger partial charge in [-0.1, -0.05) is 6.07 Å². The average Bonchev–Trinajstić information content (AvgIpc) is 2.30. The number of H-pyrrole nitrogens is 1. The predicted molar refractivity (Wildman–Crippen MR) is 39.5 cm³/mol. The monoisotopic (exact) mass is 176 g/mol. The lowest BCUT2D eigenvalue weighted by molar-refractivity contribution is 0.101. The van der Waals surface area contributed by atoms with Crippen molar-refractivity contribution < 1.29 is 17.7 Å². The summed E-state index contributed by atoms with van der Waals surface area (Å²) in [5.74, 6) is -0.402. The molecule has 2 nitrogen and oxygen atoms in total. The minimum atomic E-state index is -5.02. The summed E-state index contributed by atoms with van der Waals surface area (Å²) in [6.45, 7) is -3.81. The molecule has 0 fully saturated rings. The average molecular weight is 176 g/mol. The van der Waals surface area contributed by atoms with Crippen LogP contribution in [0.15, 0.2) is 12.1 Å². The van der Waals surface area contributed by atoms with E-state index >= 15 is 0 Å². The summed E-state index contributed by atoms with van der Waals surface area (Å²) in [6.07, 6.45) is 0. The van der Waals surface area contributed by atoms with Crippen molar-refractivity contribution in [3.8, 4) is 0 Å². The van der Waals surface area contributed by atoms with Crippen molar-refractivity contribution in [1.82, 2.24) is 4.98 Å². The Kier molecular flexibility index (Phi) is 2.00. The lowest BCUT2D eigenvalue weighted by Crippen LogP contribution is -2.35. The molecule has 1 aromatic rings. The molecule has 0 saturated carbocycles. The highest BCUT2D eigenvalue weighted by Crippen LogP contribution is 2.08. The van der Waals surface area contributed by atoms with Gasteiger partial charge in [-0.3, -0.25) is 4.79 Å². The smallest absolute Gasteiger partial charge is 0.444 e. The number of carbonyl (C=O) groups is 1. The number of carbonyl (C=O) groups excluding carboxylic acids is 1. The van der Waals surface area contributed by atoms with Gasteiger partial charge in [0, 0.05) is 6.92 Å². The Bertz CT molecular complexity index is 304. The first kappa shape index (κ1) is 8.90. The molecule has 0 amide bonds. The van der Waals surface area contributed by atoms with Crippen molar-refractivity contribution in [2.45, 2.75) is 6.92 Å². The van der Waals surface area contributed by atoms with Crippen LogP contribution in [-0.2, 0) is 0 Å². The van der Waals surface area contributed by atoms with Gasteiger partial charge < -0.3 is 17.9 Å². The number of rotatable bonds is 2. The molecule has 0 spiro atoms. The zero-order valence-corrected chi connectivity index (χ0v) is 6.27. The third kappa shape index (κ3) is 1.69. The Hall–Kier alpha value is -1.20. The van der Waals surface area contributed by atoms with E-state index in [1.807, 2.05) is 4.98 Å². The van der Waals surface area contributed by atoms with E-state index in [9.17, 15) is 17.7 Å². The van der Waals surface area contributed by atoms with Crippen molar-refractivity contribution in [1.29, 1.82) is 0 Å². The van der Waals surface area contributed by atoms with E-state index < -0.39 is 18.4 Å². The Morgan fingerprint density at radius 2 is 2.00 bits per heavy atom. The van der Waals surface area contributed by atoms with E-state index in [1.165, 1.54) is 6.92 Å². The summed E-state index contributed by atoms with van der Waals surface area (Å²) < 4.78 is 36.0. The van der Waals surface area contributed by atoms with Gasteiger partial charge in [0.05, 0.1) is 5.69 Å². The van der Waals surface area contributed by atoms with Gasteiger partial charge in [-0.25, -0.2) is 0 Å². The number of ketones is 1. The van der Waals surface area contributed by atoms with E-state index in [0.29, 0.717) is 0 Å². The van der Waals surface area contributed by atoms with E-state index in [-0.39, 0.29) is 5.69 Å². The molecule has 0 bridgehead atoms. The summed E-state index contributed by atoms with van der Waals surface area (Å²) in [5, 5.41) is 0. The molecule has 0 aliphatic rings. The molecule has 1 aromatic heterocycles. The molecule has 12 heavy (non-hydrogen) atoms. The van der Waals surface area contributed by atoms with Crippen molar-refractivity contribution in [3.63, 3.8) is 0 Å². The van der Waals surface area contributed by atoms with E-state index in [1.54, 1.807) is 0 Å². The first-order valence-electron chi connectivity index (χ1n) is 3.31. The SMILES string of the molecule is CC(=O)c1ccc([B-](F)(F)F)[nH]1. The Morgan fingerprint density at radius 1 is 1.42 bits per heavy atom. The molecule has 66 valence electrons. The van der Waals surface area contributed by atoms with Crippen LogP contribution in [0.25, 0.3) is 0 Å².